The molecule has 0 heterocycles. The van der Waals surface area contributed by atoms with E-state index in [1.54, 1.807) is 0 Å². The third-order valence-corrected chi connectivity index (χ3v) is 1.95. The van der Waals surface area contributed by atoms with Gasteiger partial charge in [-0.25, -0.2) is 0 Å². The van der Waals surface area contributed by atoms with Crippen LogP contribution in [0.5, 0.6) is 0 Å². The second-order valence-electron chi connectivity index (χ2n) is 3.15. The van der Waals surface area contributed by atoms with E-state index in [1.165, 1.54) is 6.92 Å². The van der Waals surface area contributed by atoms with Crippen molar-refractivity contribution < 1.29 is 13.2 Å². The van der Waals surface area contributed by atoms with Crippen molar-refractivity contribution in [1.82, 2.24) is 0 Å². The molecule has 12 heavy (non-hydrogen) atoms. The molecule has 0 aromatic rings. The van der Waals surface area contributed by atoms with Crippen LogP contribution in [0.2, 0.25) is 0 Å². The number of rotatable bonds is 5. The van der Waals surface area contributed by atoms with Gasteiger partial charge in [0, 0.05) is 0 Å². The Morgan fingerprint density at radius 3 is 2.17 bits per heavy atom. The molecule has 0 spiro atoms. The smallest absolute Gasteiger partial charge is 0.171 e. The van der Waals surface area contributed by atoms with Gasteiger partial charge in [-0.15, -0.1) is 0 Å². The molecule has 0 fully saturated rings. The summed E-state index contributed by atoms with van der Waals surface area (Å²) in [5.41, 5.74) is 0. The van der Waals surface area contributed by atoms with Gasteiger partial charge >= 0.3 is 6.18 Å². The van der Waals surface area contributed by atoms with Crippen LogP contribution in [0.15, 0.2) is 0 Å². The number of unbranched alkanes of at least 4 members (excludes halogenated alkanes) is 3. The number of alkyl halides is 3. The summed E-state index contributed by atoms with van der Waals surface area (Å²) >= 11 is 0. The van der Waals surface area contributed by atoms with E-state index >= 15 is 0 Å². The minimum Gasteiger partial charge on any atom is -0.171 e. The van der Waals surface area contributed by atoms with Gasteiger partial charge in [-0.2, -0.15) is 13.2 Å². The van der Waals surface area contributed by atoms with Crippen LogP contribution in [0.3, 0.4) is 0 Å². The first-order chi connectivity index (χ1) is 5.48. The molecule has 73 valence electrons. The van der Waals surface area contributed by atoms with Gasteiger partial charge in [-0.1, -0.05) is 39.5 Å². The first-order valence-corrected chi connectivity index (χ1v) is 4.34. The van der Waals surface area contributed by atoms with Crippen LogP contribution in [0.25, 0.3) is 0 Å². The van der Waals surface area contributed by atoms with E-state index in [0.717, 1.165) is 19.3 Å². The van der Waals surface area contributed by atoms with Crippen LogP contribution in [-0.2, 0) is 0 Å². The van der Waals surface area contributed by atoms with E-state index in [2.05, 4.69) is 6.92 Å². The van der Waals surface area contributed by atoms with E-state index in [-0.39, 0.29) is 6.42 Å². The fourth-order valence-corrected chi connectivity index (χ4v) is 0.968. The lowest BCUT2D eigenvalue weighted by atomic mass is 10.0. The summed E-state index contributed by atoms with van der Waals surface area (Å²) in [7, 11) is 0. The van der Waals surface area contributed by atoms with Gasteiger partial charge in [0.2, 0.25) is 0 Å². The molecule has 0 saturated carbocycles. The van der Waals surface area contributed by atoms with Crippen LogP contribution >= 0.6 is 0 Å². The van der Waals surface area contributed by atoms with Gasteiger partial charge in [-0.3, -0.25) is 0 Å². The zero-order chi connectivity index (χ0) is 9.61. The number of hydrogen-bond donors (Lipinski definition) is 0. The van der Waals surface area contributed by atoms with E-state index in [1.807, 2.05) is 0 Å². The highest BCUT2D eigenvalue weighted by Gasteiger charge is 2.34. The largest absolute Gasteiger partial charge is 0.391 e. The summed E-state index contributed by atoms with van der Waals surface area (Å²) in [6.45, 7) is 4.87. The predicted molar refractivity (Wildman–Crippen MR) is 43.7 cm³/mol. The van der Waals surface area contributed by atoms with Crippen LogP contribution in [0.4, 0.5) is 13.2 Å². The van der Waals surface area contributed by atoms with Gasteiger partial charge in [0.1, 0.15) is 0 Å². The topological polar surface area (TPSA) is 0 Å². The first-order valence-electron chi connectivity index (χ1n) is 4.34. The average molecular weight is 181 g/mol. The normalized spacial score (nSPS) is 14.8. The molecule has 1 unspecified atom stereocenters. The molecule has 0 aliphatic rings. The summed E-state index contributed by atoms with van der Waals surface area (Å²) < 4.78 is 35.8. The molecule has 1 radical (unpaired) electrons. The fourth-order valence-electron chi connectivity index (χ4n) is 0.968. The SMILES string of the molecule is [CH2]CCCCCC(C)C(F)(F)F. The standard InChI is InChI=1S/C9H16F3/c1-3-4-5-6-7-8(2)9(10,11)12/h8H,1,3-7H2,2H3. The quantitative estimate of drug-likeness (QED) is 0.563. The maximum Gasteiger partial charge on any atom is 0.391 e. The van der Waals surface area contributed by atoms with Crippen molar-refractivity contribution in [3.8, 4) is 0 Å². The molecule has 0 aliphatic carbocycles. The first kappa shape index (κ1) is 11.8. The van der Waals surface area contributed by atoms with E-state index in [0.29, 0.717) is 6.42 Å². The molecule has 0 rings (SSSR count). The van der Waals surface area contributed by atoms with E-state index in [4.69, 9.17) is 0 Å². The van der Waals surface area contributed by atoms with E-state index in [9.17, 15) is 13.2 Å². The molecule has 0 aromatic carbocycles. The molecular weight excluding hydrogens is 165 g/mol. The molecule has 3 heteroatoms. The van der Waals surface area contributed by atoms with Gasteiger partial charge in [0.15, 0.2) is 0 Å². The van der Waals surface area contributed by atoms with Crippen molar-refractivity contribution in [3.63, 3.8) is 0 Å². The summed E-state index contributed by atoms with van der Waals surface area (Å²) in [5, 5.41) is 0. The Morgan fingerprint density at radius 2 is 1.75 bits per heavy atom. The van der Waals surface area contributed by atoms with Crippen LogP contribution < -0.4 is 0 Å². The van der Waals surface area contributed by atoms with Crippen molar-refractivity contribution in [2.24, 2.45) is 5.92 Å². The molecule has 1 atom stereocenters. The monoisotopic (exact) mass is 181 g/mol. The lowest BCUT2D eigenvalue weighted by Gasteiger charge is -2.14. The van der Waals surface area contributed by atoms with Crippen molar-refractivity contribution in [2.45, 2.75) is 45.2 Å². The van der Waals surface area contributed by atoms with Gasteiger partial charge in [0.25, 0.3) is 0 Å². The summed E-state index contributed by atoms with van der Waals surface area (Å²) in [4.78, 5) is 0. The third-order valence-electron chi connectivity index (χ3n) is 1.95. The Morgan fingerprint density at radius 1 is 1.17 bits per heavy atom. The second-order valence-corrected chi connectivity index (χ2v) is 3.15. The minimum atomic E-state index is -4.01. The molecule has 0 nitrogen and oxygen atoms in total. The van der Waals surface area contributed by atoms with Gasteiger partial charge in [0.05, 0.1) is 5.92 Å². The Bertz CT molecular complexity index is 107. The summed E-state index contributed by atoms with van der Waals surface area (Å²) in [6, 6.07) is 0. The molecule has 0 bridgehead atoms. The summed E-state index contributed by atoms with van der Waals surface area (Å²) in [6.07, 6.45) is -0.473. The molecule has 0 aromatic heterocycles. The number of hydrogen-bond acceptors (Lipinski definition) is 0. The second kappa shape index (κ2) is 5.44. The van der Waals surface area contributed by atoms with E-state index < -0.39 is 12.1 Å². The molecule has 0 N–H and O–H groups in total. The van der Waals surface area contributed by atoms with Crippen molar-refractivity contribution in [2.75, 3.05) is 0 Å². The van der Waals surface area contributed by atoms with Crippen LogP contribution in [0.1, 0.15) is 39.0 Å². The lowest BCUT2D eigenvalue weighted by Crippen LogP contribution is -2.19. The summed E-state index contributed by atoms with van der Waals surface area (Å²) in [5.74, 6) is -1.15. The van der Waals surface area contributed by atoms with Gasteiger partial charge in [-0.05, 0) is 6.42 Å². The van der Waals surface area contributed by atoms with Crippen molar-refractivity contribution >= 4 is 0 Å². The maximum absolute atomic E-state index is 11.9. The van der Waals surface area contributed by atoms with Crippen molar-refractivity contribution in [1.29, 1.82) is 0 Å². The molecular formula is C9H16F3. The highest BCUT2D eigenvalue weighted by Crippen LogP contribution is 2.29. The highest BCUT2D eigenvalue weighted by molar-refractivity contribution is 4.62. The van der Waals surface area contributed by atoms with Crippen molar-refractivity contribution in [3.05, 3.63) is 6.92 Å². The highest BCUT2D eigenvalue weighted by atomic mass is 19.4. The Labute approximate surface area is 72.2 Å². The maximum atomic E-state index is 11.9. The minimum absolute atomic E-state index is 0.253. The zero-order valence-electron chi connectivity index (χ0n) is 7.45. The fraction of sp³-hybridized carbons (Fsp3) is 0.889. The van der Waals surface area contributed by atoms with Crippen LogP contribution in [0, 0.1) is 12.8 Å². The zero-order valence-corrected chi connectivity index (χ0v) is 7.45. The Hall–Kier alpha value is -0.210. The Balaban J connectivity index is 3.38. The molecule has 0 aliphatic heterocycles. The molecule has 0 amide bonds. The van der Waals surface area contributed by atoms with Gasteiger partial charge < -0.3 is 0 Å². The average Bonchev–Trinajstić information content (AvgIpc) is 1.96. The number of halogens is 3. The predicted octanol–water partition coefficient (Wildman–Crippen LogP) is 3.97. The Kier molecular flexibility index (Phi) is 5.34. The van der Waals surface area contributed by atoms with Crippen LogP contribution in [-0.4, -0.2) is 6.18 Å². The third kappa shape index (κ3) is 5.44. The molecule has 0 saturated heterocycles. The lowest BCUT2D eigenvalue weighted by molar-refractivity contribution is -0.171.